The SMILES string of the molecule is NC(=O)C1CCCc2nc(-c3ccccc3)ccc21. The van der Waals surface area contributed by atoms with Crippen LogP contribution in [-0.4, -0.2) is 10.9 Å². The van der Waals surface area contributed by atoms with Crippen LogP contribution < -0.4 is 5.73 Å². The van der Waals surface area contributed by atoms with E-state index in [0.29, 0.717) is 0 Å². The Labute approximate surface area is 112 Å². The largest absolute Gasteiger partial charge is 0.369 e. The minimum absolute atomic E-state index is 0.166. The third-order valence-corrected chi connectivity index (χ3v) is 3.70. The van der Waals surface area contributed by atoms with Gasteiger partial charge in [0.1, 0.15) is 0 Å². The van der Waals surface area contributed by atoms with Crippen LogP contribution in [0.5, 0.6) is 0 Å². The molecule has 2 aromatic rings. The van der Waals surface area contributed by atoms with Crippen molar-refractivity contribution in [2.24, 2.45) is 5.73 Å². The summed E-state index contributed by atoms with van der Waals surface area (Å²) >= 11 is 0. The van der Waals surface area contributed by atoms with Crippen LogP contribution in [0, 0.1) is 0 Å². The molecule has 1 aromatic heterocycles. The zero-order valence-electron chi connectivity index (χ0n) is 10.7. The topological polar surface area (TPSA) is 56.0 Å². The number of carbonyl (C=O) groups is 1. The molecule has 1 unspecified atom stereocenters. The molecule has 0 fully saturated rings. The van der Waals surface area contributed by atoms with Gasteiger partial charge in [0.05, 0.1) is 11.6 Å². The van der Waals surface area contributed by atoms with E-state index in [1.54, 1.807) is 0 Å². The van der Waals surface area contributed by atoms with Crippen LogP contribution in [0.1, 0.15) is 30.0 Å². The average Bonchev–Trinajstić information content (AvgIpc) is 2.47. The number of hydrogen-bond donors (Lipinski definition) is 1. The Morgan fingerprint density at radius 3 is 2.68 bits per heavy atom. The highest BCUT2D eigenvalue weighted by Gasteiger charge is 2.25. The van der Waals surface area contributed by atoms with Crippen molar-refractivity contribution in [2.45, 2.75) is 25.2 Å². The molecule has 0 aliphatic heterocycles. The van der Waals surface area contributed by atoms with Gasteiger partial charge in [0.2, 0.25) is 5.91 Å². The second-order valence-corrected chi connectivity index (χ2v) is 4.95. The molecule has 19 heavy (non-hydrogen) atoms. The van der Waals surface area contributed by atoms with Gasteiger partial charge in [-0.15, -0.1) is 0 Å². The van der Waals surface area contributed by atoms with Crippen LogP contribution in [-0.2, 0) is 11.2 Å². The molecule has 0 saturated carbocycles. The fraction of sp³-hybridized carbons (Fsp3) is 0.250. The number of nitrogens with two attached hydrogens (primary N) is 1. The molecule has 1 aromatic carbocycles. The van der Waals surface area contributed by atoms with Gasteiger partial charge < -0.3 is 5.73 Å². The van der Waals surface area contributed by atoms with Crippen LogP contribution in [0.3, 0.4) is 0 Å². The molecule has 1 heterocycles. The van der Waals surface area contributed by atoms with Crippen molar-refractivity contribution < 1.29 is 4.79 Å². The second kappa shape index (κ2) is 4.84. The van der Waals surface area contributed by atoms with Gasteiger partial charge in [-0.05, 0) is 30.9 Å². The van der Waals surface area contributed by atoms with Crippen LogP contribution in [0.15, 0.2) is 42.5 Å². The quantitative estimate of drug-likeness (QED) is 0.893. The number of pyridine rings is 1. The van der Waals surface area contributed by atoms with Gasteiger partial charge in [-0.1, -0.05) is 36.4 Å². The smallest absolute Gasteiger partial charge is 0.225 e. The number of aromatic nitrogens is 1. The summed E-state index contributed by atoms with van der Waals surface area (Å²) in [4.78, 5) is 16.2. The first-order valence-corrected chi connectivity index (χ1v) is 6.60. The van der Waals surface area contributed by atoms with Crippen LogP contribution >= 0.6 is 0 Å². The number of primary amides is 1. The van der Waals surface area contributed by atoms with Gasteiger partial charge in [-0.2, -0.15) is 0 Å². The summed E-state index contributed by atoms with van der Waals surface area (Å²) in [6.45, 7) is 0. The van der Waals surface area contributed by atoms with E-state index in [0.717, 1.165) is 41.8 Å². The maximum atomic E-state index is 11.5. The molecule has 3 heteroatoms. The first kappa shape index (κ1) is 11.9. The van der Waals surface area contributed by atoms with Crippen molar-refractivity contribution >= 4 is 5.91 Å². The number of amides is 1. The molecule has 0 radical (unpaired) electrons. The second-order valence-electron chi connectivity index (χ2n) is 4.95. The van der Waals surface area contributed by atoms with Crippen LogP contribution in [0.25, 0.3) is 11.3 Å². The van der Waals surface area contributed by atoms with Crippen molar-refractivity contribution in [3.8, 4) is 11.3 Å². The maximum Gasteiger partial charge on any atom is 0.225 e. The van der Waals surface area contributed by atoms with Gasteiger partial charge in [-0.3, -0.25) is 9.78 Å². The predicted molar refractivity (Wildman–Crippen MR) is 74.5 cm³/mol. The normalized spacial score (nSPS) is 17.8. The number of rotatable bonds is 2. The third-order valence-electron chi connectivity index (χ3n) is 3.70. The molecule has 0 spiro atoms. The van der Waals surface area contributed by atoms with E-state index in [1.807, 2.05) is 42.5 Å². The summed E-state index contributed by atoms with van der Waals surface area (Å²) in [5.41, 5.74) is 9.57. The fourth-order valence-electron chi connectivity index (χ4n) is 2.72. The van der Waals surface area contributed by atoms with Gasteiger partial charge in [0.25, 0.3) is 0 Å². The lowest BCUT2D eigenvalue weighted by atomic mass is 9.85. The highest BCUT2D eigenvalue weighted by Crippen LogP contribution is 2.32. The number of nitrogens with zero attached hydrogens (tertiary/aromatic N) is 1. The zero-order chi connectivity index (χ0) is 13.2. The van der Waals surface area contributed by atoms with E-state index in [4.69, 9.17) is 10.7 Å². The van der Waals surface area contributed by atoms with E-state index in [9.17, 15) is 4.79 Å². The van der Waals surface area contributed by atoms with Crippen LogP contribution in [0.4, 0.5) is 0 Å². The molecule has 0 bridgehead atoms. The van der Waals surface area contributed by atoms with Crippen molar-refractivity contribution in [1.82, 2.24) is 4.98 Å². The first-order chi connectivity index (χ1) is 9.25. The number of fused-ring (bicyclic) bond motifs is 1. The van der Waals surface area contributed by atoms with Gasteiger partial charge in [0.15, 0.2) is 0 Å². The van der Waals surface area contributed by atoms with E-state index in [1.165, 1.54) is 0 Å². The lowest BCUT2D eigenvalue weighted by Gasteiger charge is -2.22. The Morgan fingerprint density at radius 2 is 1.95 bits per heavy atom. The Balaban J connectivity index is 2.03. The monoisotopic (exact) mass is 252 g/mol. The van der Waals surface area contributed by atoms with E-state index >= 15 is 0 Å². The van der Waals surface area contributed by atoms with E-state index < -0.39 is 0 Å². The molecule has 2 N–H and O–H groups in total. The Hall–Kier alpha value is -2.16. The van der Waals surface area contributed by atoms with Crippen molar-refractivity contribution in [2.75, 3.05) is 0 Å². The number of hydrogen-bond acceptors (Lipinski definition) is 2. The molecule has 0 saturated heterocycles. The number of benzene rings is 1. The molecular formula is C16H16N2O. The number of aryl methyl sites for hydroxylation is 1. The Bertz CT molecular complexity index is 607. The van der Waals surface area contributed by atoms with Crippen molar-refractivity contribution in [3.63, 3.8) is 0 Å². The molecule has 3 rings (SSSR count). The Kier molecular flexibility index (Phi) is 3.03. The molecular weight excluding hydrogens is 236 g/mol. The molecule has 96 valence electrons. The molecule has 1 amide bonds. The lowest BCUT2D eigenvalue weighted by molar-refractivity contribution is -0.119. The third kappa shape index (κ3) is 2.24. The summed E-state index contributed by atoms with van der Waals surface area (Å²) in [6, 6.07) is 14.1. The van der Waals surface area contributed by atoms with E-state index in [2.05, 4.69) is 0 Å². The zero-order valence-corrected chi connectivity index (χ0v) is 10.7. The molecule has 3 nitrogen and oxygen atoms in total. The molecule has 1 aliphatic rings. The average molecular weight is 252 g/mol. The predicted octanol–water partition coefficient (Wildman–Crippen LogP) is 2.65. The van der Waals surface area contributed by atoms with Gasteiger partial charge in [0, 0.05) is 11.3 Å². The minimum atomic E-state index is -0.241. The van der Waals surface area contributed by atoms with Crippen LogP contribution in [0.2, 0.25) is 0 Å². The summed E-state index contributed by atoms with van der Waals surface area (Å²) in [6.07, 6.45) is 2.75. The van der Waals surface area contributed by atoms with Gasteiger partial charge in [-0.25, -0.2) is 0 Å². The summed E-state index contributed by atoms with van der Waals surface area (Å²) in [5.74, 6) is -0.406. The summed E-state index contributed by atoms with van der Waals surface area (Å²) in [5, 5.41) is 0. The maximum absolute atomic E-state index is 11.5. The first-order valence-electron chi connectivity index (χ1n) is 6.60. The van der Waals surface area contributed by atoms with Crippen molar-refractivity contribution in [1.29, 1.82) is 0 Å². The van der Waals surface area contributed by atoms with E-state index in [-0.39, 0.29) is 11.8 Å². The highest BCUT2D eigenvalue weighted by molar-refractivity contribution is 5.82. The molecule has 1 atom stereocenters. The standard InChI is InChI=1S/C16H16N2O/c17-16(19)13-7-4-8-15-12(13)9-10-14(18-15)11-5-2-1-3-6-11/h1-3,5-6,9-10,13H,4,7-8H2,(H2,17,19). The fourth-order valence-corrected chi connectivity index (χ4v) is 2.72. The van der Waals surface area contributed by atoms with Crippen molar-refractivity contribution in [3.05, 3.63) is 53.7 Å². The minimum Gasteiger partial charge on any atom is -0.369 e. The number of carbonyl (C=O) groups excluding carboxylic acids is 1. The summed E-state index contributed by atoms with van der Waals surface area (Å²) in [7, 11) is 0. The Morgan fingerprint density at radius 1 is 1.16 bits per heavy atom. The van der Waals surface area contributed by atoms with Gasteiger partial charge >= 0.3 is 0 Å². The summed E-state index contributed by atoms with van der Waals surface area (Å²) < 4.78 is 0. The molecule has 1 aliphatic carbocycles. The lowest BCUT2D eigenvalue weighted by Crippen LogP contribution is -2.25. The highest BCUT2D eigenvalue weighted by atomic mass is 16.1.